The van der Waals surface area contributed by atoms with Crippen LogP contribution in [0.2, 0.25) is 0 Å². The average molecular weight is 701 g/mol. The molecule has 2 amide bonds. The zero-order chi connectivity index (χ0) is 34.9. The van der Waals surface area contributed by atoms with Crippen LogP contribution in [0.5, 0.6) is 0 Å². The molecular weight excluding hydrogens is 669 g/mol. The number of thiophene rings is 2. The Morgan fingerprint density at radius 3 is 1.33 bits per heavy atom. The fraction of sp³-hybridized carbons (Fsp3) is 0.0698. The normalized spacial score (nSPS) is 11.2. The van der Waals surface area contributed by atoms with Crippen LogP contribution in [-0.4, -0.2) is 21.8 Å². The van der Waals surface area contributed by atoms with E-state index in [4.69, 9.17) is 9.97 Å². The second kappa shape index (κ2) is 13.7. The maximum absolute atomic E-state index is 13.6. The summed E-state index contributed by atoms with van der Waals surface area (Å²) in [5.41, 5.74) is 8.00. The van der Waals surface area contributed by atoms with E-state index in [1.807, 2.05) is 121 Å². The molecule has 51 heavy (non-hydrogen) atoms. The number of carbonyl (C=O) groups is 2. The largest absolute Gasteiger partial charge is 0.322 e. The van der Waals surface area contributed by atoms with Crippen molar-refractivity contribution < 1.29 is 9.59 Å². The Kier molecular flexibility index (Phi) is 8.69. The van der Waals surface area contributed by atoms with Gasteiger partial charge in [0.2, 0.25) is 0 Å². The first-order chi connectivity index (χ1) is 24.9. The molecular formula is C43H32N4O2S2. The van der Waals surface area contributed by atoms with Crippen LogP contribution in [0.4, 0.5) is 11.4 Å². The number of para-hydroxylation sites is 2. The van der Waals surface area contributed by atoms with E-state index >= 15 is 0 Å². The van der Waals surface area contributed by atoms with Gasteiger partial charge < -0.3 is 10.6 Å². The standard InChI is InChI=1S/C43H32N4O2S2/c1-26-11-21-40(50-26)38-24-34(32-7-3-5-9-36(32)46-38)42(48)44-30-17-13-28(14-18-30)23-29-15-19-31(20-16-29)45-43(49)35-25-39(41-22-12-27(2)51-41)47-37-10-6-4-8-33(35)37/h3-22,24-25H,23H2,1-2H3,(H,44,48)(H,45,49). The molecule has 8 heteroatoms. The smallest absolute Gasteiger partial charge is 0.256 e. The van der Waals surface area contributed by atoms with Crippen molar-refractivity contribution in [2.75, 3.05) is 10.6 Å². The lowest BCUT2D eigenvalue weighted by atomic mass is 10.0. The Balaban J connectivity index is 0.946. The summed E-state index contributed by atoms with van der Waals surface area (Å²) in [6.07, 6.45) is 0.708. The zero-order valence-electron chi connectivity index (χ0n) is 27.9. The highest BCUT2D eigenvalue weighted by molar-refractivity contribution is 7.15. The molecule has 6 nitrogen and oxygen atoms in total. The number of nitrogens with zero attached hydrogens (tertiary/aromatic N) is 2. The fourth-order valence-electron chi connectivity index (χ4n) is 6.17. The van der Waals surface area contributed by atoms with Gasteiger partial charge in [-0.1, -0.05) is 60.7 Å². The van der Waals surface area contributed by atoms with Crippen LogP contribution in [0, 0.1) is 13.8 Å². The van der Waals surface area contributed by atoms with Crippen LogP contribution in [0.25, 0.3) is 42.9 Å². The molecule has 0 aliphatic carbocycles. The van der Waals surface area contributed by atoms with E-state index in [1.165, 1.54) is 9.75 Å². The third-order valence-corrected chi connectivity index (χ3v) is 10.8. The summed E-state index contributed by atoms with van der Waals surface area (Å²) in [6.45, 7) is 4.13. The molecule has 0 saturated heterocycles. The van der Waals surface area contributed by atoms with Crippen LogP contribution in [0.15, 0.2) is 133 Å². The summed E-state index contributed by atoms with van der Waals surface area (Å²) in [5.74, 6) is -0.350. The molecule has 4 heterocycles. The number of amides is 2. The summed E-state index contributed by atoms with van der Waals surface area (Å²) < 4.78 is 0. The van der Waals surface area contributed by atoms with Gasteiger partial charge in [-0.25, -0.2) is 9.97 Å². The minimum atomic E-state index is -0.175. The minimum Gasteiger partial charge on any atom is -0.322 e. The number of hydrogen-bond acceptors (Lipinski definition) is 6. The third kappa shape index (κ3) is 6.92. The predicted octanol–water partition coefficient (Wildman–Crippen LogP) is 11.0. The lowest BCUT2D eigenvalue weighted by Gasteiger charge is -2.11. The van der Waals surface area contributed by atoms with E-state index in [0.29, 0.717) is 17.5 Å². The molecule has 0 fully saturated rings. The van der Waals surface area contributed by atoms with Crippen LogP contribution >= 0.6 is 22.7 Å². The highest BCUT2D eigenvalue weighted by Gasteiger charge is 2.17. The van der Waals surface area contributed by atoms with Gasteiger partial charge in [0, 0.05) is 31.9 Å². The second-order valence-corrected chi connectivity index (χ2v) is 15.0. The number of rotatable bonds is 8. The molecule has 8 aromatic rings. The average Bonchev–Trinajstić information content (AvgIpc) is 3.80. The van der Waals surface area contributed by atoms with Gasteiger partial charge in [-0.15, -0.1) is 22.7 Å². The van der Waals surface area contributed by atoms with E-state index in [0.717, 1.165) is 65.4 Å². The Hall–Kier alpha value is -5.96. The van der Waals surface area contributed by atoms with Crippen molar-refractivity contribution in [1.82, 2.24) is 9.97 Å². The van der Waals surface area contributed by atoms with Crippen molar-refractivity contribution in [3.8, 4) is 21.1 Å². The molecule has 0 radical (unpaired) electrons. The Morgan fingerprint density at radius 1 is 0.529 bits per heavy atom. The molecule has 2 N–H and O–H groups in total. The fourth-order valence-corrected chi connectivity index (χ4v) is 7.82. The number of aryl methyl sites for hydroxylation is 2. The third-order valence-electron chi connectivity index (χ3n) is 8.74. The molecule has 8 rings (SSSR count). The highest BCUT2D eigenvalue weighted by atomic mass is 32.1. The van der Waals surface area contributed by atoms with E-state index in [1.54, 1.807) is 22.7 Å². The molecule has 0 aliphatic heterocycles. The van der Waals surface area contributed by atoms with E-state index in [-0.39, 0.29) is 11.8 Å². The van der Waals surface area contributed by atoms with Crippen molar-refractivity contribution >= 4 is 67.7 Å². The number of carbonyl (C=O) groups excluding carboxylic acids is 2. The summed E-state index contributed by atoms with van der Waals surface area (Å²) in [7, 11) is 0. The molecule has 248 valence electrons. The van der Waals surface area contributed by atoms with Gasteiger partial charge in [0.15, 0.2) is 0 Å². The van der Waals surface area contributed by atoms with Crippen molar-refractivity contribution in [2.24, 2.45) is 0 Å². The van der Waals surface area contributed by atoms with Gasteiger partial charge in [0.05, 0.1) is 43.3 Å². The predicted molar refractivity (Wildman–Crippen MR) is 211 cm³/mol. The molecule has 0 aliphatic rings. The van der Waals surface area contributed by atoms with Gasteiger partial charge in [-0.2, -0.15) is 0 Å². The molecule has 0 atom stereocenters. The van der Waals surface area contributed by atoms with Gasteiger partial charge in [-0.3, -0.25) is 9.59 Å². The van der Waals surface area contributed by atoms with Crippen LogP contribution in [-0.2, 0) is 6.42 Å². The first-order valence-electron chi connectivity index (χ1n) is 16.6. The lowest BCUT2D eigenvalue weighted by Crippen LogP contribution is -2.13. The van der Waals surface area contributed by atoms with Gasteiger partial charge in [-0.05, 0) is 104 Å². The SMILES string of the molecule is Cc1ccc(-c2cc(C(=O)Nc3ccc(Cc4ccc(NC(=O)c5cc(-c6ccc(C)s6)nc6ccccc56)cc4)cc3)c3ccccc3n2)s1. The van der Waals surface area contributed by atoms with Gasteiger partial charge >= 0.3 is 0 Å². The number of fused-ring (bicyclic) bond motifs is 2. The number of benzene rings is 4. The Bertz CT molecular complexity index is 2390. The topological polar surface area (TPSA) is 84.0 Å². The molecule has 4 aromatic carbocycles. The van der Waals surface area contributed by atoms with Crippen molar-refractivity contribution in [2.45, 2.75) is 20.3 Å². The number of hydrogen-bond donors (Lipinski definition) is 2. The van der Waals surface area contributed by atoms with E-state index in [2.05, 4.69) is 36.6 Å². The van der Waals surface area contributed by atoms with Gasteiger partial charge in [0.25, 0.3) is 11.8 Å². The van der Waals surface area contributed by atoms with Crippen molar-refractivity contribution in [3.63, 3.8) is 0 Å². The summed E-state index contributed by atoms with van der Waals surface area (Å²) >= 11 is 3.33. The minimum absolute atomic E-state index is 0.175. The first-order valence-corrected chi connectivity index (χ1v) is 18.2. The van der Waals surface area contributed by atoms with Crippen LogP contribution in [0.1, 0.15) is 41.6 Å². The van der Waals surface area contributed by atoms with Crippen molar-refractivity contribution in [1.29, 1.82) is 0 Å². The molecule has 0 bridgehead atoms. The molecule has 0 unspecified atom stereocenters. The van der Waals surface area contributed by atoms with Crippen molar-refractivity contribution in [3.05, 3.63) is 165 Å². The van der Waals surface area contributed by atoms with Crippen LogP contribution in [0.3, 0.4) is 0 Å². The number of nitrogens with one attached hydrogen (secondary N) is 2. The quantitative estimate of drug-likeness (QED) is 0.165. The van der Waals surface area contributed by atoms with E-state index in [9.17, 15) is 9.59 Å². The number of aromatic nitrogens is 2. The molecule has 0 spiro atoms. The van der Waals surface area contributed by atoms with Crippen LogP contribution < -0.4 is 10.6 Å². The second-order valence-electron chi connectivity index (χ2n) is 12.4. The number of anilines is 2. The highest BCUT2D eigenvalue weighted by Crippen LogP contribution is 2.32. The maximum atomic E-state index is 13.6. The van der Waals surface area contributed by atoms with E-state index < -0.39 is 0 Å². The molecule has 0 saturated carbocycles. The maximum Gasteiger partial charge on any atom is 0.256 e. The Labute approximate surface area is 303 Å². The zero-order valence-corrected chi connectivity index (χ0v) is 29.6. The first kappa shape index (κ1) is 32.3. The number of pyridine rings is 2. The Morgan fingerprint density at radius 2 is 0.941 bits per heavy atom. The summed E-state index contributed by atoms with van der Waals surface area (Å²) in [6, 6.07) is 43.3. The molecule has 4 aromatic heterocycles. The van der Waals surface area contributed by atoms with Gasteiger partial charge in [0.1, 0.15) is 0 Å². The summed E-state index contributed by atoms with van der Waals surface area (Å²) in [4.78, 5) is 41.3. The lowest BCUT2D eigenvalue weighted by molar-refractivity contribution is 0.102. The summed E-state index contributed by atoms with van der Waals surface area (Å²) in [5, 5.41) is 7.80. The monoisotopic (exact) mass is 700 g/mol.